The molecule has 0 radical (unpaired) electrons. The van der Waals surface area contributed by atoms with Gasteiger partial charge in [-0.25, -0.2) is 0 Å². The van der Waals surface area contributed by atoms with Gasteiger partial charge in [-0.2, -0.15) is 0 Å². The molecule has 0 spiro atoms. The van der Waals surface area contributed by atoms with Gasteiger partial charge in [0.1, 0.15) is 0 Å². The molecule has 0 aromatic rings. The molecule has 0 amide bonds. The number of carbonyl (C=O) groups is 1. The first-order valence-corrected chi connectivity index (χ1v) is 4.80. The van der Waals surface area contributed by atoms with Crippen LogP contribution in [0.1, 0.15) is 34.1 Å². The topological polar surface area (TPSA) is 37.3 Å². The van der Waals surface area contributed by atoms with E-state index < -0.39 is 6.10 Å². The quantitative estimate of drug-likeness (QED) is 0.665. The monoisotopic (exact) mass is 184 g/mol. The van der Waals surface area contributed by atoms with Gasteiger partial charge in [-0.15, -0.1) is 0 Å². The third-order valence-corrected chi connectivity index (χ3v) is 1.95. The molecule has 0 saturated carbocycles. The summed E-state index contributed by atoms with van der Waals surface area (Å²) < 4.78 is 0. The molecule has 0 fully saturated rings. The van der Waals surface area contributed by atoms with Crippen molar-refractivity contribution >= 4 is 5.78 Å². The Bertz CT molecular complexity index is 183. The van der Waals surface area contributed by atoms with Gasteiger partial charge in [-0.05, 0) is 31.3 Å². The summed E-state index contributed by atoms with van der Waals surface area (Å²) in [5.74, 6) is 0.779. The average Bonchev–Trinajstić information content (AvgIpc) is 1.98. The second-order valence-corrected chi connectivity index (χ2v) is 4.07. The molecule has 76 valence electrons. The minimum Gasteiger partial charge on any atom is -0.389 e. The first-order valence-electron chi connectivity index (χ1n) is 4.80. The molecule has 0 aromatic heterocycles. The summed E-state index contributed by atoms with van der Waals surface area (Å²) in [4.78, 5) is 10.6. The van der Waals surface area contributed by atoms with Crippen LogP contribution in [-0.4, -0.2) is 17.0 Å². The van der Waals surface area contributed by atoms with E-state index >= 15 is 0 Å². The Kier molecular flexibility index (Phi) is 5.63. The lowest BCUT2D eigenvalue weighted by Gasteiger charge is -2.17. The van der Waals surface area contributed by atoms with E-state index in [1.165, 1.54) is 13.0 Å². The third kappa shape index (κ3) is 6.52. The Balaban J connectivity index is 3.95. The Morgan fingerprint density at radius 1 is 1.38 bits per heavy atom. The number of ketones is 1. The Hall–Kier alpha value is -0.630. The van der Waals surface area contributed by atoms with Crippen molar-refractivity contribution < 1.29 is 9.90 Å². The molecule has 0 rings (SSSR count). The minimum absolute atomic E-state index is 0.0178. The van der Waals surface area contributed by atoms with Crippen LogP contribution in [0.3, 0.4) is 0 Å². The molecule has 0 aliphatic heterocycles. The summed E-state index contributed by atoms with van der Waals surface area (Å²) in [6.07, 6.45) is 3.49. The van der Waals surface area contributed by atoms with Gasteiger partial charge in [0.15, 0.2) is 5.78 Å². The van der Waals surface area contributed by atoms with Crippen molar-refractivity contribution in [3.05, 3.63) is 12.2 Å². The maximum absolute atomic E-state index is 10.6. The van der Waals surface area contributed by atoms with Crippen LogP contribution in [0, 0.1) is 11.8 Å². The summed E-state index contributed by atoms with van der Waals surface area (Å²) in [6, 6.07) is 0. The van der Waals surface area contributed by atoms with E-state index in [4.69, 9.17) is 0 Å². The fourth-order valence-electron chi connectivity index (χ4n) is 1.31. The SMILES string of the molecule is CC(=O)/C=C/C(O)C(C)CC(C)C. The van der Waals surface area contributed by atoms with Crippen molar-refractivity contribution in [1.29, 1.82) is 0 Å². The van der Waals surface area contributed by atoms with Gasteiger partial charge in [0.25, 0.3) is 0 Å². The predicted molar refractivity (Wildman–Crippen MR) is 54.4 cm³/mol. The molecule has 0 bridgehead atoms. The summed E-state index contributed by atoms with van der Waals surface area (Å²) in [5, 5.41) is 9.58. The van der Waals surface area contributed by atoms with Crippen molar-refractivity contribution in [2.24, 2.45) is 11.8 Å². The van der Waals surface area contributed by atoms with Crippen LogP contribution in [-0.2, 0) is 4.79 Å². The average molecular weight is 184 g/mol. The molecule has 13 heavy (non-hydrogen) atoms. The van der Waals surface area contributed by atoms with Gasteiger partial charge in [0.05, 0.1) is 6.10 Å². The van der Waals surface area contributed by atoms with E-state index in [-0.39, 0.29) is 11.7 Å². The van der Waals surface area contributed by atoms with E-state index in [0.29, 0.717) is 5.92 Å². The highest BCUT2D eigenvalue weighted by molar-refractivity contribution is 5.87. The van der Waals surface area contributed by atoms with Crippen LogP contribution in [0.15, 0.2) is 12.2 Å². The first kappa shape index (κ1) is 12.4. The second-order valence-electron chi connectivity index (χ2n) is 4.07. The molecular weight excluding hydrogens is 164 g/mol. The fourth-order valence-corrected chi connectivity index (χ4v) is 1.31. The predicted octanol–water partition coefficient (Wildman–Crippen LogP) is 2.17. The summed E-state index contributed by atoms with van der Waals surface area (Å²) in [5.41, 5.74) is 0. The highest BCUT2D eigenvalue weighted by Crippen LogP contribution is 2.15. The maximum atomic E-state index is 10.6. The van der Waals surface area contributed by atoms with Crippen LogP contribution < -0.4 is 0 Å². The van der Waals surface area contributed by atoms with Crippen molar-refractivity contribution in [3.8, 4) is 0 Å². The van der Waals surface area contributed by atoms with E-state index in [9.17, 15) is 9.90 Å². The first-order chi connectivity index (χ1) is 5.93. The number of hydrogen-bond acceptors (Lipinski definition) is 2. The van der Waals surface area contributed by atoms with Gasteiger partial charge in [-0.1, -0.05) is 26.8 Å². The summed E-state index contributed by atoms with van der Waals surface area (Å²) in [7, 11) is 0. The minimum atomic E-state index is -0.494. The van der Waals surface area contributed by atoms with Crippen molar-refractivity contribution in [1.82, 2.24) is 0 Å². The van der Waals surface area contributed by atoms with Crippen LogP contribution in [0.5, 0.6) is 0 Å². The number of aliphatic hydroxyl groups is 1. The number of allylic oxidation sites excluding steroid dienone is 1. The molecule has 1 N–H and O–H groups in total. The largest absolute Gasteiger partial charge is 0.389 e. The number of rotatable bonds is 5. The lowest BCUT2D eigenvalue weighted by molar-refractivity contribution is -0.112. The third-order valence-electron chi connectivity index (χ3n) is 1.95. The lowest BCUT2D eigenvalue weighted by atomic mass is 9.93. The zero-order chi connectivity index (χ0) is 10.4. The molecule has 0 aliphatic carbocycles. The number of carbonyl (C=O) groups excluding carboxylic acids is 1. The Labute approximate surface area is 80.7 Å². The zero-order valence-electron chi connectivity index (χ0n) is 8.95. The highest BCUT2D eigenvalue weighted by atomic mass is 16.3. The van der Waals surface area contributed by atoms with Gasteiger partial charge in [0.2, 0.25) is 0 Å². The summed E-state index contributed by atoms with van der Waals surface area (Å²) in [6.45, 7) is 7.72. The summed E-state index contributed by atoms with van der Waals surface area (Å²) >= 11 is 0. The van der Waals surface area contributed by atoms with Crippen LogP contribution >= 0.6 is 0 Å². The maximum Gasteiger partial charge on any atom is 0.152 e. The van der Waals surface area contributed by atoms with E-state index in [2.05, 4.69) is 13.8 Å². The molecule has 2 heteroatoms. The molecule has 0 aromatic carbocycles. The second kappa shape index (κ2) is 5.92. The lowest BCUT2D eigenvalue weighted by Crippen LogP contribution is -2.16. The normalized spacial score (nSPS) is 16.5. The molecule has 0 heterocycles. The molecule has 2 nitrogen and oxygen atoms in total. The smallest absolute Gasteiger partial charge is 0.152 e. The number of aliphatic hydroxyl groups excluding tert-OH is 1. The fraction of sp³-hybridized carbons (Fsp3) is 0.727. The van der Waals surface area contributed by atoms with Gasteiger partial charge < -0.3 is 5.11 Å². The van der Waals surface area contributed by atoms with Gasteiger partial charge >= 0.3 is 0 Å². The van der Waals surface area contributed by atoms with E-state index in [1.54, 1.807) is 6.08 Å². The standard InChI is InChI=1S/C11H20O2/c1-8(2)7-9(3)11(13)6-5-10(4)12/h5-6,8-9,11,13H,7H2,1-4H3/b6-5+. The van der Waals surface area contributed by atoms with Crippen molar-refractivity contribution in [2.45, 2.75) is 40.2 Å². The molecule has 2 unspecified atom stereocenters. The van der Waals surface area contributed by atoms with Crippen LogP contribution in [0.2, 0.25) is 0 Å². The molecule has 0 aliphatic rings. The molecule has 0 saturated heterocycles. The van der Waals surface area contributed by atoms with E-state index in [1.807, 2.05) is 6.92 Å². The molecular formula is C11H20O2. The molecule has 2 atom stereocenters. The highest BCUT2D eigenvalue weighted by Gasteiger charge is 2.12. The van der Waals surface area contributed by atoms with Crippen LogP contribution in [0.4, 0.5) is 0 Å². The van der Waals surface area contributed by atoms with Gasteiger partial charge in [0, 0.05) is 0 Å². The van der Waals surface area contributed by atoms with Gasteiger partial charge in [-0.3, -0.25) is 4.79 Å². The van der Waals surface area contributed by atoms with Crippen LogP contribution in [0.25, 0.3) is 0 Å². The zero-order valence-corrected chi connectivity index (χ0v) is 8.95. The van der Waals surface area contributed by atoms with Crippen molar-refractivity contribution in [3.63, 3.8) is 0 Å². The number of hydrogen-bond donors (Lipinski definition) is 1. The Morgan fingerprint density at radius 3 is 2.31 bits per heavy atom. The van der Waals surface area contributed by atoms with Crippen molar-refractivity contribution in [2.75, 3.05) is 0 Å². The van der Waals surface area contributed by atoms with E-state index in [0.717, 1.165) is 6.42 Å². The Morgan fingerprint density at radius 2 is 1.92 bits per heavy atom.